The molecule has 0 aliphatic carbocycles. The molecule has 10 nitrogen and oxygen atoms in total. The van der Waals surface area contributed by atoms with Gasteiger partial charge in [0.2, 0.25) is 0 Å². The van der Waals surface area contributed by atoms with E-state index in [0.29, 0.717) is 19.3 Å². The van der Waals surface area contributed by atoms with Crippen LogP contribution in [0.4, 0.5) is 11.5 Å². The third kappa shape index (κ3) is 7.19. The van der Waals surface area contributed by atoms with E-state index in [1.807, 2.05) is 10.9 Å². The standard InChI is InChI=1S/C30H48N8O2Si/c1-22-8-9-27-25(18-32-38(27)21-39-16-17-41(5,6)7)28(22)37-13-10-24-26(20-37)33-30(40-23(2)19-35(3)4)34-29(24)36-14-11-31-12-15-36/h8-9,18,23,31H,10-17,19-21H2,1-7H3/t23-/m1/s1. The summed E-state index contributed by atoms with van der Waals surface area (Å²) in [5.41, 5.74) is 5.90. The summed E-state index contributed by atoms with van der Waals surface area (Å²) in [6.07, 6.45) is 2.89. The van der Waals surface area contributed by atoms with Crippen LogP contribution < -0.4 is 19.9 Å². The number of benzene rings is 1. The number of hydrogen-bond acceptors (Lipinski definition) is 9. The molecular formula is C30H48N8O2Si. The molecule has 0 spiro atoms. The summed E-state index contributed by atoms with van der Waals surface area (Å²) in [5.74, 6) is 1.04. The zero-order chi connectivity index (χ0) is 29.1. The topological polar surface area (TPSA) is 83.8 Å². The van der Waals surface area contributed by atoms with Crippen molar-refractivity contribution < 1.29 is 9.47 Å². The van der Waals surface area contributed by atoms with E-state index >= 15 is 0 Å². The van der Waals surface area contributed by atoms with Crippen molar-refractivity contribution in [1.82, 2.24) is 30.0 Å². The van der Waals surface area contributed by atoms with E-state index in [1.165, 1.54) is 16.8 Å². The molecule has 0 amide bonds. The normalized spacial score (nSPS) is 16.9. The van der Waals surface area contributed by atoms with Crippen molar-refractivity contribution in [3.05, 3.63) is 35.2 Å². The highest BCUT2D eigenvalue weighted by Crippen LogP contribution is 2.36. The molecule has 1 aromatic carbocycles. The van der Waals surface area contributed by atoms with Gasteiger partial charge in [0, 0.05) is 64.9 Å². The van der Waals surface area contributed by atoms with Crippen LogP contribution in [-0.4, -0.2) is 98.8 Å². The molecule has 11 heteroatoms. The molecule has 3 aromatic rings. The predicted molar refractivity (Wildman–Crippen MR) is 169 cm³/mol. The molecule has 2 aromatic heterocycles. The maximum absolute atomic E-state index is 6.28. The van der Waals surface area contributed by atoms with Crippen LogP contribution in [0.1, 0.15) is 23.7 Å². The molecule has 1 atom stereocenters. The maximum atomic E-state index is 6.28. The highest BCUT2D eigenvalue weighted by molar-refractivity contribution is 6.76. The first-order valence-electron chi connectivity index (χ1n) is 15.0. The molecule has 0 unspecified atom stereocenters. The molecule has 0 bridgehead atoms. The van der Waals surface area contributed by atoms with Gasteiger partial charge in [0.1, 0.15) is 18.7 Å². The Bertz CT molecular complexity index is 1330. The molecule has 1 N–H and O–H groups in total. The van der Waals surface area contributed by atoms with Gasteiger partial charge in [0.05, 0.1) is 29.6 Å². The minimum Gasteiger partial charge on any atom is -0.459 e. The SMILES string of the molecule is Cc1ccc2c(cnn2COCC[Si](C)(C)C)c1N1CCc2c(nc(O[C@H](C)CN(C)C)nc2N2CCNCC2)C1. The molecule has 4 heterocycles. The Morgan fingerprint density at radius 3 is 2.59 bits per heavy atom. The third-order valence-corrected chi connectivity index (χ3v) is 9.60. The number of piperazine rings is 1. The summed E-state index contributed by atoms with van der Waals surface area (Å²) in [6, 6.07) is 6.01. The van der Waals surface area contributed by atoms with Gasteiger partial charge in [0.25, 0.3) is 0 Å². The molecule has 41 heavy (non-hydrogen) atoms. The van der Waals surface area contributed by atoms with Gasteiger partial charge in [-0.15, -0.1) is 0 Å². The van der Waals surface area contributed by atoms with Crippen LogP contribution in [0.5, 0.6) is 6.01 Å². The first-order valence-corrected chi connectivity index (χ1v) is 18.7. The number of rotatable bonds is 11. The van der Waals surface area contributed by atoms with Crippen molar-refractivity contribution >= 4 is 30.5 Å². The predicted octanol–water partition coefficient (Wildman–Crippen LogP) is 3.75. The van der Waals surface area contributed by atoms with E-state index in [0.717, 1.165) is 80.8 Å². The number of nitrogens with one attached hydrogen (secondary N) is 1. The number of aromatic nitrogens is 4. The fourth-order valence-corrected chi connectivity index (χ4v) is 6.56. The zero-order valence-electron chi connectivity index (χ0n) is 26.0. The summed E-state index contributed by atoms with van der Waals surface area (Å²) in [7, 11) is 2.99. The molecular weight excluding hydrogens is 532 g/mol. The summed E-state index contributed by atoms with van der Waals surface area (Å²) < 4.78 is 14.3. The second kappa shape index (κ2) is 12.6. The molecule has 5 rings (SSSR count). The molecule has 0 radical (unpaired) electrons. The molecule has 0 saturated carbocycles. The van der Waals surface area contributed by atoms with Crippen LogP contribution in [0.3, 0.4) is 0 Å². The lowest BCUT2D eigenvalue weighted by atomic mass is 10.0. The Kier molecular flexibility index (Phi) is 9.17. The van der Waals surface area contributed by atoms with Crippen molar-refractivity contribution in [3.8, 4) is 6.01 Å². The van der Waals surface area contributed by atoms with Gasteiger partial charge in [-0.05, 0) is 52.0 Å². The summed E-state index contributed by atoms with van der Waals surface area (Å²) in [6.45, 7) is 18.9. The molecule has 2 aliphatic rings. The van der Waals surface area contributed by atoms with Crippen LogP contribution >= 0.6 is 0 Å². The summed E-state index contributed by atoms with van der Waals surface area (Å²) >= 11 is 0. The van der Waals surface area contributed by atoms with Crippen molar-refractivity contribution in [2.45, 2.75) is 65.3 Å². The second-order valence-electron chi connectivity index (χ2n) is 13.0. The molecule has 1 fully saturated rings. The van der Waals surface area contributed by atoms with E-state index in [1.54, 1.807) is 0 Å². The van der Waals surface area contributed by atoms with Gasteiger partial charge >= 0.3 is 6.01 Å². The van der Waals surface area contributed by atoms with E-state index in [-0.39, 0.29) is 6.10 Å². The number of aryl methyl sites for hydroxylation is 1. The Morgan fingerprint density at radius 1 is 1.07 bits per heavy atom. The number of fused-ring (bicyclic) bond motifs is 2. The fraction of sp³-hybridized carbons (Fsp3) is 0.633. The lowest BCUT2D eigenvalue weighted by Crippen LogP contribution is -2.45. The molecule has 224 valence electrons. The van der Waals surface area contributed by atoms with Crippen LogP contribution in [0, 0.1) is 6.92 Å². The van der Waals surface area contributed by atoms with E-state index < -0.39 is 8.07 Å². The lowest BCUT2D eigenvalue weighted by Gasteiger charge is -2.36. The smallest absolute Gasteiger partial charge is 0.318 e. The second-order valence-corrected chi connectivity index (χ2v) is 18.6. The Morgan fingerprint density at radius 2 is 1.85 bits per heavy atom. The van der Waals surface area contributed by atoms with Gasteiger partial charge in [-0.25, -0.2) is 4.68 Å². The fourth-order valence-electron chi connectivity index (χ4n) is 5.80. The summed E-state index contributed by atoms with van der Waals surface area (Å²) in [5, 5.41) is 9.36. The van der Waals surface area contributed by atoms with Crippen molar-refractivity contribution in [3.63, 3.8) is 0 Å². The Labute approximate surface area is 246 Å². The number of nitrogens with zero attached hydrogens (tertiary/aromatic N) is 7. The van der Waals surface area contributed by atoms with Crippen molar-refractivity contribution in [1.29, 1.82) is 0 Å². The van der Waals surface area contributed by atoms with Crippen LogP contribution in [0.25, 0.3) is 10.9 Å². The van der Waals surface area contributed by atoms with Gasteiger partial charge in [-0.3, -0.25) is 0 Å². The van der Waals surface area contributed by atoms with Crippen LogP contribution in [-0.2, 0) is 24.4 Å². The minimum absolute atomic E-state index is 0.00610. The first kappa shape index (κ1) is 29.7. The van der Waals surface area contributed by atoms with Crippen molar-refractivity contribution in [2.75, 3.05) is 69.8 Å². The van der Waals surface area contributed by atoms with E-state index in [2.05, 4.69) is 79.7 Å². The summed E-state index contributed by atoms with van der Waals surface area (Å²) in [4.78, 5) is 17.0. The molecule has 2 aliphatic heterocycles. The van der Waals surface area contributed by atoms with Crippen LogP contribution in [0.15, 0.2) is 18.3 Å². The average molecular weight is 581 g/mol. The van der Waals surface area contributed by atoms with Crippen molar-refractivity contribution in [2.24, 2.45) is 0 Å². The van der Waals surface area contributed by atoms with Crippen LogP contribution in [0.2, 0.25) is 25.7 Å². The first-order chi connectivity index (χ1) is 19.6. The highest BCUT2D eigenvalue weighted by atomic mass is 28.3. The van der Waals surface area contributed by atoms with Gasteiger partial charge < -0.3 is 29.5 Å². The quantitative estimate of drug-likeness (QED) is 0.269. The maximum Gasteiger partial charge on any atom is 0.318 e. The van der Waals surface area contributed by atoms with E-state index in [4.69, 9.17) is 24.5 Å². The van der Waals surface area contributed by atoms with E-state index in [9.17, 15) is 0 Å². The zero-order valence-corrected chi connectivity index (χ0v) is 27.0. The molecule has 1 saturated heterocycles. The van der Waals surface area contributed by atoms with Gasteiger partial charge in [-0.1, -0.05) is 25.7 Å². The lowest BCUT2D eigenvalue weighted by molar-refractivity contribution is 0.0817. The van der Waals surface area contributed by atoms with Gasteiger partial charge in [0.15, 0.2) is 0 Å². The Hall–Kier alpha value is -2.73. The van der Waals surface area contributed by atoms with Gasteiger partial charge in [-0.2, -0.15) is 15.1 Å². The third-order valence-electron chi connectivity index (χ3n) is 7.89. The number of anilines is 2. The number of likely N-dealkylation sites (N-methyl/N-ethyl adjacent to an activating group) is 1. The number of ether oxygens (including phenoxy) is 2. The number of hydrogen-bond donors (Lipinski definition) is 1. The average Bonchev–Trinajstić information content (AvgIpc) is 3.32. The Balaban J connectivity index is 1.42. The highest BCUT2D eigenvalue weighted by Gasteiger charge is 2.28. The minimum atomic E-state index is -1.13. The monoisotopic (exact) mass is 580 g/mol. The largest absolute Gasteiger partial charge is 0.459 e.